The Kier molecular flexibility index (Phi) is 11.1. The van der Waals surface area contributed by atoms with E-state index < -0.39 is 34.5 Å². The van der Waals surface area contributed by atoms with E-state index >= 15 is 0 Å². The number of aryl methyl sites for hydroxylation is 1. The van der Waals surface area contributed by atoms with E-state index in [-0.39, 0.29) is 44.2 Å². The Labute approximate surface area is 238 Å². The van der Waals surface area contributed by atoms with Crippen molar-refractivity contribution < 1.29 is 39.8 Å². The van der Waals surface area contributed by atoms with Gasteiger partial charge in [-0.2, -0.15) is 0 Å². The molecular formula is C27H42N4O8S. The van der Waals surface area contributed by atoms with Gasteiger partial charge in [-0.1, -0.05) is 19.9 Å². The number of thioether (sulfide) groups is 1. The number of H-pyrrole nitrogens is 1. The lowest BCUT2D eigenvalue weighted by molar-refractivity contribution is -0.0915. The number of aromatic nitrogens is 2. The number of ether oxygens (including phenoxy) is 2. The number of carbonyl (C=O) groups is 1. The average Bonchev–Trinajstić information content (AvgIpc) is 3.30. The maximum absolute atomic E-state index is 11.9. The molecule has 224 valence electrons. The summed E-state index contributed by atoms with van der Waals surface area (Å²) in [4.78, 5) is 11.9. The third kappa shape index (κ3) is 8.02. The number of hydrogen-bond donors (Lipinski definition) is 8. The molecule has 1 aromatic carbocycles. The first-order valence-electron chi connectivity index (χ1n) is 13.3. The predicted molar refractivity (Wildman–Crippen MR) is 151 cm³/mol. The molecule has 0 bridgehead atoms. The second-order valence-electron chi connectivity index (χ2n) is 10.9. The van der Waals surface area contributed by atoms with Gasteiger partial charge in [0.2, 0.25) is 5.88 Å². The molecule has 13 heteroatoms. The number of rotatable bonds is 12. The first kappa shape index (κ1) is 32.0. The Bertz CT molecular complexity index is 1130. The second-order valence-corrected chi connectivity index (χ2v) is 12.3. The molecule has 1 aromatic heterocycles. The minimum Gasteiger partial charge on any atom is -0.492 e. The van der Waals surface area contributed by atoms with E-state index in [9.17, 15) is 30.3 Å². The van der Waals surface area contributed by atoms with Crippen LogP contribution in [0.2, 0.25) is 0 Å². The van der Waals surface area contributed by atoms with Crippen LogP contribution in [-0.2, 0) is 6.42 Å². The van der Waals surface area contributed by atoms with Gasteiger partial charge in [-0.05, 0) is 49.9 Å². The molecule has 2 aromatic rings. The fourth-order valence-electron chi connectivity index (χ4n) is 4.25. The molecule has 12 nitrogen and oxygen atoms in total. The molecule has 0 spiro atoms. The summed E-state index contributed by atoms with van der Waals surface area (Å²) in [5.74, 6) is 1.04. The van der Waals surface area contributed by atoms with Crippen LogP contribution in [-0.4, -0.2) is 103 Å². The molecule has 1 fully saturated rings. The van der Waals surface area contributed by atoms with Crippen LogP contribution in [0.25, 0.3) is 0 Å². The Balaban J connectivity index is 1.66. The van der Waals surface area contributed by atoms with Crippen LogP contribution in [0.1, 0.15) is 56.0 Å². The number of aliphatic hydroxyl groups excluding tert-OH is 5. The number of aromatic amines is 1. The van der Waals surface area contributed by atoms with Gasteiger partial charge >= 0.3 is 6.03 Å². The minimum absolute atomic E-state index is 0.108. The van der Waals surface area contributed by atoms with Crippen molar-refractivity contribution in [2.75, 3.05) is 26.4 Å². The first-order valence-corrected chi connectivity index (χ1v) is 14.2. The maximum Gasteiger partial charge on any atom is 0.315 e. The Morgan fingerprint density at radius 2 is 1.90 bits per heavy atom. The van der Waals surface area contributed by atoms with Crippen molar-refractivity contribution in [1.82, 2.24) is 20.8 Å². The van der Waals surface area contributed by atoms with Crippen molar-refractivity contribution in [2.24, 2.45) is 0 Å². The number of nitrogens with one attached hydrogen (secondary N) is 3. The van der Waals surface area contributed by atoms with Crippen molar-refractivity contribution in [1.29, 1.82) is 0 Å². The number of amides is 2. The number of aliphatic hydroxyl groups is 5. The Morgan fingerprint density at radius 1 is 1.18 bits per heavy atom. The lowest BCUT2D eigenvalue weighted by Gasteiger charge is -2.38. The molecule has 2 amide bonds. The van der Waals surface area contributed by atoms with Crippen LogP contribution in [0.3, 0.4) is 0 Å². The monoisotopic (exact) mass is 582 g/mol. The zero-order valence-electron chi connectivity index (χ0n) is 23.5. The summed E-state index contributed by atoms with van der Waals surface area (Å²) in [6.45, 7) is 9.45. The molecule has 8 N–H and O–H groups in total. The quantitative estimate of drug-likeness (QED) is 0.166. The topological polar surface area (TPSA) is 189 Å². The van der Waals surface area contributed by atoms with E-state index in [0.717, 1.165) is 34.1 Å². The van der Waals surface area contributed by atoms with Crippen LogP contribution >= 0.6 is 11.8 Å². The van der Waals surface area contributed by atoms with Gasteiger partial charge in [0, 0.05) is 17.7 Å². The maximum atomic E-state index is 11.9. The highest BCUT2D eigenvalue weighted by molar-refractivity contribution is 8.00. The molecule has 2 heterocycles. The highest BCUT2D eigenvalue weighted by Gasteiger charge is 2.45. The van der Waals surface area contributed by atoms with Gasteiger partial charge in [0.25, 0.3) is 0 Å². The fourth-order valence-corrected chi connectivity index (χ4v) is 5.47. The minimum atomic E-state index is -1.46. The van der Waals surface area contributed by atoms with Gasteiger partial charge < -0.3 is 45.6 Å². The number of nitrogens with zero attached hydrogens (tertiary/aromatic N) is 1. The molecule has 3 rings (SSSR count). The summed E-state index contributed by atoms with van der Waals surface area (Å²) in [5, 5.41) is 61.7. The normalized spacial score (nSPS) is 23.2. The van der Waals surface area contributed by atoms with Gasteiger partial charge in [-0.15, -0.1) is 16.9 Å². The summed E-state index contributed by atoms with van der Waals surface area (Å²) in [6, 6.07) is 5.31. The average molecular weight is 583 g/mol. The number of carbonyl (C=O) groups excluding carboxylic acids is 1. The van der Waals surface area contributed by atoms with E-state index in [1.807, 2.05) is 39.0 Å². The summed E-state index contributed by atoms with van der Waals surface area (Å²) < 4.78 is 11.8. The van der Waals surface area contributed by atoms with Crippen LogP contribution in [0, 0.1) is 6.92 Å². The zero-order chi connectivity index (χ0) is 29.6. The van der Waals surface area contributed by atoms with E-state index in [2.05, 4.69) is 20.8 Å². The van der Waals surface area contributed by atoms with Crippen LogP contribution in [0.15, 0.2) is 18.2 Å². The third-order valence-corrected chi connectivity index (χ3v) is 8.12. The highest BCUT2D eigenvalue weighted by Crippen LogP contribution is 2.37. The molecule has 40 heavy (non-hydrogen) atoms. The van der Waals surface area contributed by atoms with Crippen LogP contribution < -0.4 is 20.1 Å². The molecule has 0 saturated carbocycles. The van der Waals surface area contributed by atoms with Crippen molar-refractivity contribution in [3.63, 3.8) is 0 Å². The summed E-state index contributed by atoms with van der Waals surface area (Å²) >= 11 is 1.05. The molecule has 1 aliphatic rings. The predicted octanol–water partition coefficient (Wildman–Crippen LogP) is 0.777. The van der Waals surface area contributed by atoms with Crippen molar-refractivity contribution in [2.45, 2.75) is 81.5 Å². The molecule has 1 saturated heterocycles. The van der Waals surface area contributed by atoms with Crippen LogP contribution in [0.5, 0.6) is 11.6 Å². The Morgan fingerprint density at radius 3 is 2.52 bits per heavy atom. The third-order valence-electron chi connectivity index (χ3n) is 6.70. The molecule has 0 radical (unpaired) electrons. The first-order chi connectivity index (χ1) is 18.9. The number of benzene rings is 1. The highest BCUT2D eigenvalue weighted by atomic mass is 32.2. The molecule has 5 atom stereocenters. The second kappa shape index (κ2) is 13.9. The summed E-state index contributed by atoms with van der Waals surface area (Å²) in [7, 11) is 0. The van der Waals surface area contributed by atoms with E-state index in [0.29, 0.717) is 12.2 Å². The van der Waals surface area contributed by atoms with Crippen molar-refractivity contribution in [3.8, 4) is 11.6 Å². The standard InChI is InChI=1S/C27H42N4O8S/c1-14(2)20-18(24(31-30-20)39-25-23(36)22(35)21(34)19(12-32)40-25)11-16-6-7-17(10-15(16)3)38-9-8-28-26(37)29-27(4,5)13-33/h6-7,10,14,19,21-23,25,32-36H,8-9,11-13H2,1-5H3,(H,30,31)(H2,28,29,37)/t19-,21-,22+,23-,25-/m1/s1. The van der Waals surface area contributed by atoms with Gasteiger partial charge in [-0.3, -0.25) is 5.10 Å². The lowest BCUT2D eigenvalue weighted by atomic mass is 9.97. The van der Waals surface area contributed by atoms with Gasteiger partial charge in [-0.25, -0.2) is 4.79 Å². The van der Waals surface area contributed by atoms with E-state index in [4.69, 9.17) is 9.47 Å². The van der Waals surface area contributed by atoms with Crippen LogP contribution in [0.4, 0.5) is 4.79 Å². The molecular weight excluding hydrogens is 540 g/mol. The van der Waals surface area contributed by atoms with E-state index in [1.165, 1.54) is 0 Å². The van der Waals surface area contributed by atoms with Gasteiger partial charge in [0.1, 0.15) is 24.6 Å². The number of hydrogen-bond acceptors (Lipinski definition) is 10. The number of urea groups is 1. The Hall–Kier alpha value is -2.55. The fraction of sp³-hybridized carbons (Fsp3) is 0.630. The smallest absolute Gasteiger partial charge is 0.315 e. The molecule has 0 aliphatic carbocycles. The SMILES string of the molecule is Cc1cc(OCCNC(=O)NC(C)(C)CO)ccc1Cc1c(O[C@@H]2S[C@H](CO)[C@@H](O)[C@H](O)[C@H]2O)n[nH]c1C(C)C. The van der Waals surface area contributed by atoms with E-state index in [1.54, 1.807) is 13.8 Å². The largest absolute Gasteiger partial charge is 0.492 e. The lowest BCUT2D eigenvalue weighted by Crippen LogP contribution is -2.55. The molecule has 0 unspecified atom stereocenters. The van der Waals surface area contributed by atoms with Gasteiger partial charge in [0.15, 0.2) is 5.44 Å². The summed E-state index contributed by atoms with van der Waals surface area (Å²) in [5.41, 5.74) is 2.01. The van der Waals surface area contributed by atoms with Gasteiger partial charge in [0.05, 0.1) is 36.7 Å². The zero-order valence-corrected chi connectivity index (χ0v) is 24.4. The van der Waals surface area contributed by atoms with Crippen molar-refractivity contribution >= 4 is 17.8 Å². The summed E-state index contributed by atoms with van der Waals surface area (Å²) in [6.07, 6.45) is -3.61. The van der Waals surface area contributed by atoms with Crippen molar-refractivity contribution in [3.05, 3.63) is 40.6 Å². The molecule has 1 aliphatic heterocycles.